The van der Waals surface area contributed by atoms with Gasteiger partial charge in [0.05, 0.1) is 11.0 Å². The average molecular weight is 445 g/mol. The Morgan fingerprint density at radius 3 is 2.76 bits per heavy atom. The first-order chi connectivity index (χ1) is 16.0. The maximum absolute atomic E-state index is 13.6. The number of ether oxygens (including phenoxy) is 1. The van der Waals surface area contributed by atoms with Gasteiger partial charge in [0, 0.05) is 30.1 Å². The summed E-state index contributed by atoms with van der Waals surface area (Å²) in [5.74, 6) is 1.27. The zero-order valence-electron chi connectivity index (χ0n) is 18.5. The van der Waals surface area contributed by atoms with Crippen molar-refractivity contribution in [2.24, 2.45) is 5.92 Å². The fourth-order valence-electron chi connectivity index (χ4n) is 7.43. The first-order valence-electron chi connectivity index (χ1n) is 12.2. The predicted molar refractivity (Wildman–Crippen MR) is 121 cm³/mol. The summed E-state index contributed by atoms with van der Waals surface area (Å²) in [5, 5.41) is 14.2. The maximum atomic E-state index is 13.6. The molecule has 2 aliphatic heterocycles. The van der Waals surface area contributed by atoms with E-state index in [0.29, 0.717) is 24.2 Å². The first kappa shape index (κ1) is 19.6. The molecule has 2 bridgehead atoms. The summed E-state index contributed by atoms with van der Waals surface area (Å²) in [6.45, 7) is 1.93. The van der Waals surface area contributed by atoms with Gasteiger partial charge >= 0.3 is 0 Å². The number of phenols is 1. The number of aromatic hydroxyl groups is 1. The number of rotatable bonds is 4. The van der Waals surface area contributed by atoms with Crippen molar-refractivity contribution in [1.29, 1.82) is 0 Å². The van der Waals surface area contributed by atoms with Crippen LogP contribution in [0, 0.1) is 5.92 Å². The molecular weight excluding hydrogens is 416 g/mol. The molecule has 7 rings (SSSR count). The molecule has 1 saturated heterocycles. The van der Waals surface area contributed by atoms with E-state index in [2.05, 4.69) is 10.2 Å². The lowest BCUT2D eigenvalue weighted by Gasteiger charge is -2.65. The Labute approximate surface area is 192 Å². The number of carbonyl (C=O) groups excluding carboxylic acids is 2. The van der Waals surface area contributed by atoms with Crippen LogP contribution in [-0.4, -0.2) is 52.5 Å². The quantitative estimate of drug-likeness (QED) is 0.758. The van der Waals surface area contributed by atoms with Crippen LogP contribution in [0.2, 0.25) is 0 Å². The van der Waals surface area contributed by atoms with Crippen LogP contribution in [-0.2, 0) is 16.6 Å². The van der Waals surface area contributed by atoms with Crippen molar-refractivity contribution < 1.29 is 19.4 Å². The zero-order chi connectivity index (χ0) is 22.4. The van der Waals surface area contributed by atoms with Gasteiger partial charge < -0.3 is 15.2 Å². The Kier molecular flexibility index (Phi) is 3.92. The van der Waals surface area contributed by atoms with Gasteiger partial charge in [-0.3, -0.25) is 14.5 Å². The van der Waals surface area contributed by atoms with Crippen molar-refractivity contribution in [3.8, 4) is 11.5 Å². The highest BCUT2D eigenvalue weighted by atomic mass is 16.5. The molecule has 2 saturated carbocycles. The van der Waals surface area contributed by atoms with E-state index in [0.717, 1.165) is 43.0 Å². The molecule has 3 fully saturated rings. The van der Waals surface area contributed by atoms with Gasteiger partial charge in [-0.05, 0) is 68.3 Å². The van der Waals surface area contributed by atoms with Crippen molar-refractivity contribution in [3.63, 3.8) is 0 Å². The predicted octanol–water partition coefficient (Wildman–Crippen LogP) is 2.96. The number of benzene rings is 2. The summed E-state index contributed by atoms with van der Waals surface area (Å²) in [5.41, 5.74) is 1.49. The maximum Gasteiger partial charge on any atom is 0.251 e. The Bertz CT molecular complexity index is 1180. The Balaban J connectivity index is 1.43. The van der Waals surface area contributed by atoms with Gasteiger partial charge in [0.15, 0.2) is 23.4 Å². The lowest BCUT2D eigenvalue weighted by atomic mass is 9.47. The fraction of sp³-hybridized carbons (Fsp3) is 0.481. The molecule has 33 heavy (non-hydrogen) atoms. The SMILES string of the molecule is O=C(NC12CCC(=O)[C@@H]3Oc4c(O)ccc5c4[C@@]31CCN(CC1CC1)[C@@H]2C5)c1ccccc1. The van der Waals surface area contributed by atoms with Crippen LogP contribution in [0.15, 0.2) is 42.5 Å². The van der Waals surface area contributed by atoms with Crippen LogP contribution in [0.3, 0.4) is 0 Å². The molecule has 0 radical (unpaired) electrons. The summed E-state index contributed by atoms with van der Waals surface area (Å²) in [6, 6.07) is 13.1. The molecule has 1 spiro atoms. The second-order valence-electron chi connectivity index (χ2n) is 10.6. The van der Waals surface area contributed by atoms with Gasteiger partial charge in [0.1, 0.15) is 0 Å². The van der Waals surface area contributed by atoms with Crippen LogP contribution >= 0.6 is 0 Å². The molecule has 170 valence electrons. The number of Topliss-reactive ketones (excluding diaryl/α,β-unsaturated/α-hetero) is 1. The minimum atomic E-state index is -0.657. The van der Waals surface area contributed by atoms with E-state index < -0.39 is 17.1 Å². The molecule has 2 aromatic rings. The van der Waals surface area contributed by atoms with E-state index in [9.17, 15) is 14.7 Å². The van der Waals surface area contributed by atoms with Crippen molar-refractivity contribution in [2.75, 3.05) is 13.1 Å². The van der Waals surface area contributed by atoms with Gasteiger partial charge in [0.25, 0.3) is 5.91 Å². The Morgan fingerprint density at radius 1 is 1.15 bits per heavy atom. The number of hydrogen-bond donors (Lipinski definition) is 2. The largest absolute Gasteiger partial charge is 0.504 e. The molecule has 2 aromatic carbocycles. The van der Waals surface area contributed by atoms with Gasteiger partial charge in [0.2, 0.25) is 0 Å². The van der Waals surface area contributed by atoms with Gasteiger partial charge in [-0.15, -0.1) is 0 Å². The lowest BCUT2D eigenvalue weighted by molar-refractivity contribution is -0.143. The van der Waals surface area contributed by atoms with Crippen LogP contribution in [0.4, 0.5) is 0 Å². The standard InChI is InChI=1S/C27H28N2O4/c30-19-9-8-18-14-21-27(28-25(32)17-4-2-1-3-5-17)11-10-20(31)24-26(27,22(18)23(19)33-24)12-13-29(21)15-16-6-7-16/h1-5,8-9,16,21,24,30H,6-7,10-15H2,(H,28,32)/t21-,24+,26+,27?/m1/s1. The number of likely N-dealkylation sites (tertiary alicyclic amines) is 1. The Morgan fingerprint density at radius 2 is 1.97 bits per heavy atom. The van der Waals surface area contributed by atoms with Gasteiger partial charge in [-0.25, -0.2) is 0 Å². The molecule has 6 heteroatoms. The van der Waals surface area contributed by atoms with Crippen LogP contribution in [0.25, 0.3) is 0 Å². The third-order valence-electron chi connectivity index (χ3n) is 8.99. The monoisotopic (exact) mass is 444 g/mol. The molecule has 5 aliphatic rings. The van der Waals surface area contributed by atoms with E-state index in [1.807, 2.05) is 36.4 Å². The van der Waals surface area contributed by atoms with E-state index in [-0.39, 0.29) is 23.5 Å². The summed E-state index contributed by atoms with van der Waals surface area (Å²) in [7, 11) is 0. The minimum Gasteiger partial charge on any atom is -0.504 e. The average Bonchev–Trinajstić information content (AvgIpc) is 3.57. The highest BCUT2D eigenvalue weighted by Crippen LogP contribution is 2.65. The topological polar surface area (TPSA) is 78.9 Å². The van der Waals surface area contributed by atoms with Gasteiger partial charge in [-0.1, -0.05) is 24.3 Å². The molecule has 4 atom stereocenters. The number of carbonyl (C=O) groups is 2. The highest BCUT2D eigenvalue weighted by Gasteiger charge is 2.74. The van der Waals surface area contributed by atoms with E-state index in [1.165, 1.54) is 12.8 Å². The van der Waals surface area contributed by atoms with E-state index in [4.69, 9.17) is 4.74 Å². The van der Waals surface area contributed by atoms with Crippen molar-refractivity contribution in [2.45, 2.75) is 61.6 Å². The van der Waals surface area contributed by atoms with Crippen molar-refractivity contribution in [1.82, 2.24) is 10.2 Å². The highest BCUT2D eigenvalue weighted by molar-refractivity contribution is 5.96. The molecule has 2 heterocycles. The second kappa shape index (κ2) is 6.60. The molecule has 3 aliphatic carbocycles. The normalized spacial score (nSPS) is 33.9. The number of hydrogen-bond acceptors (Lipinski definition) is 5. The Hall–Kier alpha value is -2.86. The molecular formula is C27H28N2O4. The smallest absolute Gasteiger partial charge is 0.251 e. The number of nitrogens with zero attached hydrogens (tertiary/aromatic N) is 1. The number of ketones is 1. The number of phenolic OH excluding ortho intramolecular Hbond substituents is 1. The van der Waals surface area contributed by atoms with Crippen molar-refractivity contribution in [3.05, 3.63) is 59.2 Å². The summed E-state index contributed by atoms with van der Waals surface area (Å²) < 4.78 is 6.29. The number of amides is 1. The fourth-order valence-corrected chi connectivity index (χ4v) is 7.43. The second-order valence-corrected chi connectivity index (χ2v) is 10.6. The lowest BCUT2D eigenvalue weighted by Crippen LogP contribution is -2.81. The molecule has 2 N–H and O–H groups in total. The van der Waals surface area contributed by atoms with Crippen LogP contribution in [0.5, 0.6) is 11.5 Å². The summed E-state index contributed by atoms with van der Waals surface area (Å²) >= 11 is 0. The van der Waals surface area contributed by atoms with Crippen LogP contribution in [0.1, 0.15) is 53.6 Å². The number of nitrogens with one attached hydrogen (secondary N) is 1. The van der Waals surface area contributed by atoms with Crippen LogP contribution < -0.4 is 10.1 Å². The van der Waals surface area contributed by atoms with E-state index in [1.54, 1.807) is 6.07 Å². The van der Waals surface area contributed by atoms with Crippen molar-refractivity contribution >= 4 is 11.7 Å². The van der Waals surface area contributed by atoms with Gasteiger partial charge in [-0.2, -0.15) is 0 Å². The molecule has 6 nitrogen and oxygen atoms in total. The molecule has 0 aromatic heterocycles. The van der Waals surface area contributed by atoms with E-state index >= 15 is 0 Å². The summed E-state index contributed by atoms with van der Waals surface area (Å²) in [6.07, 6.45) is 4.40. The molecule has 1 amide bonds. The molecule has 1 unspecified atom stereocenters. The minimum absolute atomic E-state index is 0.0810. The third kappa shape index (κ3) is 2.47. The third-order valence-corrected chi connectivity index (χ3v) is 8.99. The summed E-state index contributed by atoms with van der Waals surface area (Å²) in [4.78, 5) is 29.5. The first-order valence-corrected chi connectivity index (χ1v) is 12.2. The zero-order valence-corrected chi connectivity index (χ0v) is 18.5. The number of piperidine rings is 1.